The Hall–Kier alpha value is -3.01. The van der Waals surface area contributed by atoms with Crippen LogP contribution in [0, 0.1) is 0 Å². The van der Waals surface area contributed by atoms with E-state index in [1.165, 1.54) is 34.9 Å². The van der Waals surface area contributed by atoms with Crippen molar-refractivity contribution in [3.63, 3.8) is 0 Å². The number of carbonyl (C=O) groups excluding carboxylic acids is 1. The van der Waals surface area contributed by atoms with Gasteiger partial charge in [0.2, 0.25) is 5.91 Å². The summed E-state index contributed by atoms with van der Waals surface area (Å²) in [6.45, 7) is 5.85. The number of aromatic hydroxyl groups is 2. The number of allylic oxidation sites excluding steroid dienone is 2. The van der Waals surface area contributed by atoms with Crippen LogP contribution in [0.5, 0.6) is 11.5 Å². The number of rotatable bonds is 6. The van der Waals surface area contributed by atoms with Gasteiger partial charge in [-0.3, -0.25) is 4.79 Å². The Balaban J connectivity index is 1.56. The Morgan fingerprint density at radius 2 is 1.87 bits per heavy atom. The van der Waals surface area contributed by atoms with Crippen molar-refractivity contribution in [2.24, 2.45) is 0 Å². The fourth-order valence-electron chi connectivity index (χ4n) is 3.76. The molecule has 0 unspecified atom stereocenters. The van der Waals surface area contributed by atoms with Crippen LogP contribution in [0.1, 0.15) is 55.7 Å². The molecule has 1 fully saturated rings. The first kappa shape index (κ1) is 21.7. The molecule has 0 bridgehead atoms. The molecule has 4 heteroatoms. The zero-order valence-electron chi connectivity index (χ0n) is 17.8. The number of phenolic OH excluding ortho intramolecular Hbond substituents is 2. The molecular weight excluding hydrogens is 374 g/mol. The third-order valence-corrected chi connectivity index (χ3v) is 5.89. The summed E-state index contributed by atoms with van der Waals surface area (Å²) in [6.07, 6.45) is 9.51. The molecule has 30 heavy (non-hydrogen) atoms. The highest BCUT2D eigenvalue weighted by molar-refractivity contribution is 5.92. The lowest BCUT2D eigenvalue weighted by molar-refractivity contribution is -0.126. The summed E-state index contributed by atoms with van der Waals surface area (Å²) in [5.41, 5.74) is 4.82. The molecule has 1 heterocycles. The Labute approximate surface area is 179 Å². The van der Waals surface area contributed by atoms with Crippen molar-refractivity contribution >= 4 is 12.0 Å². The van der Waals surface area contributed by atoms with Gasteiger partial charge < -0.3 is 15.1 Å². The normalized spacial score (nSPS) is 15.7. The van der Waals surface area contributed by atoms with Crippen LogP contribution < -0.4 is 0 Å². The van der Waals surface area contributed by atoms with Crippen LogP contribution in [-0.2, 0) is 11.2 Å². The fourth-order valence-corrected chi connectivity index (χ4v) is 3.76. The second-order valence-electron chi connectivity index (χ2n) is 8.03. The number of benzene rings is 2. The van der Waals surface area contributed by atoms with E-state index in [2.05, 4.69) is 44.2 Å². The molecule has 2 aromatic rings. The average molecular weight is 406 g/mol. The highest BCUT2D eigenvalue weighted by Gasteiger charge is 2.22. The largest absolute Gasteiger partial charge is 0.504 e. The molecule has 1 aliphatic heterocycles. The molecule has 1 aliphatic rings. The Kier molecular flexibility index (Phi) is 7.34. The molecule has 4 nitrogen and oxygen atoms in total. The summed E-state index contributed by atoms with van der Waals surface area (Å²) in [7, 11) is 0. The van der Waals surface area contributed by atoms with Gasteiger partial charge in [0.15, 0.2) is 11.5 Å². The second-order valence-corrected chi connectivity index (χ2v) is 8.03. The molecule has 0 aromatic heterocycles. The number of amides is 1. The molecule has 0 radical (unpaired) electrons. The Morgan fingerprint density at radius 1 is 1.10 bits per heavy atom. The molecule has 1 amide bonds. The minimum Gasteiger partial charge on any atom is -0.504 e. The molecule has 2 aromatic carbocycles. The van der Waals surface area contributed by atoms with Crippen LogP contribution in [0.3, 0.4) is 0 Å². The smallest absolute Gasteiger partial charge is 0.246 e. The maximum atomic E-state index is 12.5. The molecular formula is C26H31NO3. The molecule has 158 valence electrons. The van der Waals surface area contributed by atoms with E-state index in [1.807, 2.05) is 4.90 Å². The third kappa shape index (κ3) is 5.76. The minimum absolute atomic E-state index is 0.0186. The van der Waals surface area contributed by atoms with Crippen molar-refractivity contribution < 1.29 is 15.0 Å². The van der Waals surface area contributed by atoms with Crippen LogP contribution in [0.2, 0.25) is 0 Å². The second kappa shape index (κ2) is 10.1. The van der Waals surface area contributed by atoms with Crippen LogP contribution in [0.15, 0.2) is 60.2 Å². The lowest BCUT2D eigenvalue weighted by atomic mass is 9.88. The molecule has 3 rings (SSSR count). The highest BCUT2D eigenvalue weighted by atomic mass is 16.3. The summed E-state index contributed by atoms with van der Waals surface area (Å²) >= 11 is 0. The van der Waals surface area contributed by atoms with E-state index in [4.69, 9.17) is 0 Å². The predicted molar refractivity (Wildman–Crippen MR) is 122 cm³/mol. The monoisotopic (exact) mass is 405 g/mol. The Bertz CT molecular complexity index is 937. The van der Waals surface area contributed by atoms with E-state index in [9.17, 15) is 15.0 Å². The van der Waals surface area contributed by atoms with Gasteiger partial charge in [-0.25, -0.2) is 0 Å². The first-order valence-electron chi connectivity index (χ1n) is 10.7. The molecule has 0 spiro atoms. The van der Waals surface area contributed by atoms with Crippen LogP contribution in [0.4, 0.5) is 0 Å². The van der Waals surface area contributed by atoms with E-state index < -0.39 is 0 Å². The lowest BCUT2D eigenvalue weighted by Crippen LogP contribution is -2.36. The quantitative estimate of drug-likeness (QED) is 0.383. The van der Waals surface area contributed by atoms with Crippen LogP contribution in [0.25, 0.3) is 6.08 Å². The van der Waals surface area contributed by atoms with Gasteiger partial charge in [0, 0.05) is 19.2 Å². The van der Waals surface area contributed by atoms with E-state index in [1.54, 1.807) is 12.1 Å². The average Bonchev–Trinajstić information content (AvgIpc) is 2.78. The number of piperidine rings is 1. The maximum absolute atomic E-state index is 12.5. The summed E-state index contributed by atoms with van der Waals surface area (Å²) in [6, 6.07) is 13.4. The van der Waals surface area contributed by atoms with Gasteiger partial charge in [0.05, 0.1) is 0 Å². The van der Waals surface area contributed by atoms with Crippen molar-refractivity contribution in [3.05, 3.63) is 76.9 Å². The number of hydrogen-bond donors (Lipinski definition) is 2. The fraction of sp³-hybridized carbons (Fsp3) is 0.346. The van der Waals surface area contributed by atoms with Crippen molar-refractivity contribution in [1.29, 1.82) is 0 Å². The number of likely N-dealkylation sites (tertiary alicyclic amines) is 1. The number of hydrogen-bond acceptors (Lipinski definition) is 3. The number of carbonyl (C=O) groups is 1. The van der Waals surface area contributed by atoms with E-state index in [-0.39, 0.29) is 17.4 Å². The minimum atomic E-state index is -0.187. The van der Waals surface area contributed by atoms with Gasteiger partial charge in [0.25, 0.3) is 0 Å². The molecule has 0 atom stereocenters. The summed E-state index contributed by atoms with van der Waals surface area (Å²) in [4.78, 5) is 14.4. The van der Waals surface area contributed by atoms with E-state index >= 15 is 0 Å². The summed E-state index contributed by atoms with van der Waals surface area (Å²) in [5.74, 6) is 0.118. The summed E-state index contributed by atoms with van der Waals surface area (Å²) < 4.78 is 0. The maximum Gasteiger partial charge on any atom is 0.246 e. The zero-order valence-corrected chi connectivity index (χ0v) is 17.8. The molecule has 0 aliphatic carbocycles. The lowest BCUT2D eigenvalue weighted by Gasteiger charge is -2.31. The standard InChI is InChI=1S/C26H31NO3/c1-3-19(2)7-8-20-5-4-6-23(17-20)22-13-15-27(16-14-22)26(30)12-10-21-9-11-24(28)25(29)18-21/h4-7,9-12,17-18,22,28-29H,3,8,13-16H2,1-2H3/b12-10+,19-7+. The molecule has 0 saturated carbocycles. The van der Waals surface area contributed by atoms with Gasteiger partial charge >= 0.3 is 0 Å². The predicted octanol–water partition coefficient (Wildman–Crippen LogP) is 5.42. The first-order chi connectivity index (χ1) is 14.5. The topological polar surface area (TPSA) is 60.8 Å². The first-order valence-corrected chi connectivity index (χ1v) is 10.7. The van der Waals surface area contributed by atoms with Crippen molar-refractivity contribution in [2.75, 3.05) is 13.1 Å². The van der Waals surface area contributed by atoms with Gasteiger partial charge in [-0.15, -0.1) is 0 Å². The van der Waals surface area contributed by atoms with Crippen LogP contribution in [-0.4, -0.2) is 34.1 Å². The van der Waals surface area contributed by atoms with E-state index in [0.29, 0.717) is 11.5 Å². The zero-order chi connectivity index (χ0) is 21.5. The van der Waals surface area contributed by atoms with E-state index in [0.717, 1.165) is 38.8 Å². The van der Waals surface area contributed by atoms with Crippen LogP contribution >= 0.6 is 0 Å². The third-order valence-electron chi connectivity index (χ3n) is 5.89. The summed E-state index contributed by atoms with van der Waals surface area (Å²) in [5, 5.41) is 18.9. The molecule has 2 N–H and O–H groups in total. The van der Waals surface area contributed by atoms with Gasteiger partial charge in [-0.2, -0.15) is 0 Å². The number of phenols is 2. The van der Waals surface area contributed by atoms with Gasteiger partial charge in [0.1, 0.15) is 0 Å². The van der Waals surface area contributed by atoms with Crippen molar-refractivity contribution in [1.82, 2.24) is 4.90 Å². The number of nitrogens with zero attached hydrogens (tertiary/aromatic N) is 1. The van der Waals surface area contributed by atoms with Gasteiger partial charge in [-0.1, -0.05) is 48.9 Å². The Morgan fingerprint density at radius 3 is 2.57 bits per heavy atom. The van der Waals surface area contributed by atoms with Crippen molar-refractivity contribution in [3.8, 4) is 11.5 Å². The molecule has 1 saturated heterocycles. The highest BCUT2D eigenvalue weighted by Crippen LogP contribution is 2.29. The SMILES string of the molecule is CC/C(C)=C/Cc1cccc(C2CCN(C(=O)/C=C/c3ccc(O)c(O)c3)CC2)c1. The van der Waals surface area contributed by atoms with Gasteiger partial charge in [-0.05, 0) is 73.4 Å². The van der Waals surface area contributed by atoms with Crippen molar-refractivity contribution in [2.45, 2.75) is 45.4 Å².